The van der Waals surface area contributed by atoms with Crippen molar-refractivity contribution in [1.29, 1.82) is 0 Å². The van der Waals surface area contributed by atoms with Crippen molar-refractivity contribution in [2.75, 3.05) is 19.0 Å². The molecule has 0 radical (unpaired) electrons. The lowest BCUT2D eigenvalue weighted by Crippen LogP contribution is -2.04. The molecule has 0 atom stereocenters. The van der Waals surface area contributed by atoms with Gasteiger partial charge in [0.25, 0.3) is 0 Å². The SMILES string of the molecule is CNc1nc(-c2cccnc2)nc2c(OCC3CC3)cc(-c3cccc(F)c3)cc12. The van der Waals surface area contributed by atoms with Crippen LogP contribution in [0.2, 0.25) is 0 Å². The number of aromatic nitrogens is 3. The molecule has 1 N–H and O–H groups in total. The third kappa shape index (κ3) is 3.68. The van der Waals surface area contributed by atoms with Crippen molar-refractivity contribution in [3.8, 4) is 28.3 Å². The minimum atomic E-state index is -0.273. The molecule has 1 aliphatic rings. The van der Waals surface area contributed by atoms with Crippen molar-refractivity contribution in [1.82, 2.24) is 15.0 Å². The molecule has 0 unspecified atom stereocenters. The van der Waals surface area contributed by atoms with Crippen molar-refractivity contribution in [2.24, 2.45) is 5.92 Å². The highest BCUT2D eigenvalue weighted by Gasteiger charge is 2.23. The Morgan fingerprint density at radius 3 is 2.63 bits per heavy atom. The molecule has 1 aliphatic carbocycles. The standard InChI is InChI=1S/C24H21FN4O/c1-26-24-20-11-18(16-4-2-6-19(25)10-16)12-21(30-14-15-7-8-15)22(20)28-23(29-24)17-5-3-9-27-13-17/h2-6,9-13,15H,7-8,14H2,1H3,(H,26,28,29). The molecule has 0 spiro atoms. The number of ether oxygens (including phenoxy) is 1. The summed E-state index contributed by atoms with van der Waals surface area (Å²) in [6.07, 6.45) is 5.85. The fraction of sp³-hybridized carbons (Fsp3) is 0.208. The van der Waals surface area contributed by atoms with Gasteiger partial charge in [-0.2, -0.15) is 0 Å². The van der Waals surface area contributed by atoms with Crippen LogP contribution < -0.4 is 10.1 Å². The van der Waals surface area contributed by atoms with E-state index in [2.05, 4.69) is 10.3 Å². The Labute approximate surface area is 174 Å². The van der Waals surface area contributed by atoms with Gasteiger partial charge in [-0.25, -0.2) is 14.4 Å². The quantitative estimate of drug-likeness (QED) is 0.474. The van der Waals surface area contributed by atoms with Crippen LogP contribution in [-0.2, 0) is 0 Å². The first-order valence-corrected chi connectivity index (χ1v) is 10.0. The first-order valence-electron chi connectivity index (χ1n) is 10.0. The molecule has 30 heavy (non-hydrogen) atoms. The number of anilines is 1. The average molecular weight is 400 g/mol. The Morgan fingerprint density at radius 2 is 1.90 bits per heavy atom. The summed E-state index contributed by atoms with van der Waals surface area (Å²) >= 11 is 0. The van der Waals surface area contributed by atoms with Gasteiger partial charge in [-0.05, 0) is 66.3 Å². The Morgan fingerprint density at radius 1 is 1.03 bits per heavy atom. The van der Waals surface area contributed by atoms with E-state index in [1.807, 2.05) is 37.4 Å². The number of pyridine rings is 1. The van der Waals surface area contributed by atoms with E-state index < -0.39 is 0 Å². The molecule has 0 bridgehead atoms. The third-order valence-electron chi connectivity index (χ3n) is 5.25. The number of halogens is 1. The van der Waals surface area contributed by atoms with Gasteiger partial charge in [0.15, 0.2) is 5.82 Å². The lowest BCUT2D eigenvalue weighted by molar-refractivity contribution is 0.303. The highest BCUT2D eigenvalue weighted by Crippen LogP contribution is 2.37. The smallest absolute Gasteiger partial charge is 0.163 e. The summed E-state index contributed by atoms with van der Waals surface area (Å²) < 4.78 is 20.0. The van der Waals surface area contributed by atoms with Crippen molar-refractivity contribution in [3.63, 3.8) is 0 Å². The highest BCUT2D eigenvalue weighted by atomic mass is 19.1. The van der Waals surface area contributed by atoms with Crippen molar-refractivity contribution in [2.45, 2.75) is 12.8 Å². The molecule has 4 aromatic rings. The minimum absolute atomic E-state index is 0.273. The number of nitrogens with zero attached hydrogens (tertiary/aromatic N) is 3. The van der Waals surface area contributed by atoms with Crippen molar-refractivity contribution < 1.29 is 9.13 Å². The van der Waals surface area contributed by atoms with E-state index in [1.54, 1.807) is 18.5 Å². The molecule has 2 heterocycles. The van der Waals surface area contributed by atoms with Gasteiger partial charge in [0.2, 0.25) is 0 Å². The molecule has 0 amide bonds. The van der Waals surface area contributed by atoms with Crippen LogP contribution in [0.4, 0.5) is 10.2 Å². The summed E-state index contributed by atoms with van der Waals surface area (Å²) in [5.74, 6) is 2.28. The van der Waals surface area contributed by atoms with E-state index in [1.165, 1.54) is 25.0 Å². The third-order valence-corrected chi connectivity index (χ3v) is 5.25. The van der Waals surface area contributed by atoms with Crippen LogP contribution in [0.1, 0.15) is 12.8 Å². The first-order chi connectivity index (χ1) is 14.7. The largest absolute Gasteiger partial charge is 0.491 e. The summed E-state index contributed by atoms with van der Waals surface area (Å²) in [5.41, 5.74) is 3.21. The maximum Gasteiger partial charge on any atom is 0.163 e. The lowest BCUT2D eigenvalue weighted by Gasteiger charge is -2.15. The number of rotatable bonds is 6. The number of hydrogen-bond donors (Lipinski definition) is 1. The van der Waals surface area contributed by atoms with Crippen molar-refractivity contribution in [3.05, 3.63) is 66.7 Å². The summed E-state index contributed by atoms with van der Waals surface area (Å²) in [4.78, 5) is 13.7. The van der Waals surface area contributed by atoms with Gasteiger partial charge in [0.05, 0.1) is 6.61 Å². The fourth-order valence-electron chi connectivity index (χ4n) is 3.45. The lowest BCUT2D eigenvalue weighted by atomic mass is 10.0. The molecule has 2 aromatic carbocycles. The van der Waals surface area contributed by atoms with Crippen LogP contribution >= 0.6 is 0 Å². The van der Waals surface area contributed by atoms with Gasteiger partial charge < -0.3 is 10.1 Å². The molecular weight excluding hydrogens is 379 g/mol. The maximum atomic E-state index is 13.8. The number of nitrogens with one attached hydrogen (secondary N) is 1. The van der Waals surface area contributed by atoms with Crippen LogP contribution in [0.15, 0.2) is 60.9 Å². The van der Waals surface area contributed by atoms with E-state index in [-0.39, 0.29) is 5.82 Å². The van der Waals surface area contributed by atoms with Crippen LogP contribution in [0, 0.1) is 11.7 Å². The van der Waals surface area contributed by atoms with E-state index in [0.29, 0.717) is 29.9 Å². The van der Waals surface area contributed by atoms with Crippen LogP contribution in [0.5, 0.6) is 5.75 Å². The van der Waals surface area contributed by atoms with Crippen LogP contribution in [0.25, 0.3) is 33.4 Å². The highest BCUT2D eigenvalue weighted by molar-refractivity contribution is 5.97. The summed E-state index contributed by atoms with van der Waals surface area (Å²) in [6.45, 7) is 0.656. The second-order valence-electron chi connectivity index (χ2n) is 7.52. The molecule has 1 fully saturated rings. The van der Waals surface area contributed by atoms with E-state index in [0.717, 1.165) is 27.6 Å². The van der Waals surface area contributed by atoms with Gasteiger partial charge in [-0.15, -0.1) is 0 Å². The Bertz CT molecular complexity index is 1210. The van der Waals surface area contributed by atoms with Crippen LogP contribution in [-0.4, -0.2) is 28.6 Å². The summed E-state index contributed by atoms with van der Waals surface area (Å²) in [7, 11) is 1.83. The molecule has 0 saturated heterocycles. The first kappa shape index (κ1) is 18.5. The van der Waals surface area contributed by atoms with Gasteiger partial charge in [0.1, 0.15) is 22.9 Å². The predicted molar refractivity (Wildman–Crippen MR) is 116 cm³/mol. The molecule has 6 heteroatoms. The Hall–Kier alpha value is -3.54. The average Bonchev–Trinajstić information content (AvgIpc) is 3.61. The van der Waals surface area contributed by atoms with Gasteiger partial charge in [-0.1, -0.05) is 12.1 Å². The predicted octanol–water partition coefficient (Wildman–Crippen LogP) is 5.33. The zero-order valence-corrected chi connectivity index (χ0v) is 16.6. The summed E-state index contributed by atoms with van der Waals surface area (Å²) in [6, 6.07) is 14.3. The number of benzene rings is 2. The van der Waals surface area contributed by atoms with E-state index in [9.17, 15) is 4.39 Å². The monoisotopic (exact) mass is 400 g/mol. The molecular formula is C24H21FN4O. The summed E-state index contributed by atoms with van der Waals surface area (Å²) in [5, 5.41) is 4.00. The Kier molecular flexibility index (Phi) is 4.75. The normalized spacial score (nSPS) is 13.4. The number of hydrogen-bond acceptors (Lipinski definition) is 5. The maximum absolute atomic E-state index is 13.8. The second-order valence-corrected chi connectivity index (χ2v) is 7.52. The van der Waals surface area contributed by atoms with Gasteiger partial charge >= 0.3 is 0 Å². The van der Waals surface area contributed by atoms with Gasteiger partial charge in [-0.3, -0.25) is 4.98 Å². The second kappa shape index (κ2) is 7.71. The molecule has 5 rings (SSSR count). The molecule has 1 saturated carbocycles. The topological polar surface area (TPSA) is 59.9 Å². The fourth-order valence-corrected chi connectivity index (χ4v) is 3.45. The van der Waals surface area contributed by atoms with E-state index >= 15 is 0 Å². The molecule has 5 nitrogen and oxygen atoms in total. The van der Waals surface area contributed by atoms with E-state index in [4.69, 9.17) is 14.7 Å². The number of fused-ring (bicyclic) bond motifs is 1. The van der Waals surface area contributed by atoms with Crippen LogP contribution in [0.3, 0.4) is 0 Å². The molecule has 0 aliphatic heterocycles. The van der Waals surface area contributed by atoms with Gasteiger partial charge in [0, 0.05) is 30.4 Å². The molecule has 2 aromatic heterocycles. The Balaban J connectivity index is 1.71. The zero-order valence-electron chi connectivity index (χ0n) is 16.6. The van der Waals surface area contributed by atoms with Crippen molar-refractivity contribution >= 4 is 16.7 Å². The molecule has 150 valence electrons. The zero-order chi connectivity index (χ0) is 20.5. The minimum Gasteiger partial charge on any atom is -0.491 e.